The first-order valence-electron chi connectivity index (χ1n) is 19.3. The van der Waals surface area contributed by atoms with E-state index in [0.717, 1.165) is 61.3 Å². The molecule has 0 unspecified atom stereocenters. The van der Waals surface area contributed by atoms with Gasteiger partial charge in [0.15, 0.2) is 0 Å². The lowest BCUT2D eigenvalue weighted by molar-refractivity contribution is 0.996. The molecule has 0 N–H and O–H groups in total. The van der Waals surface area contributed by atoms with Gasteiger partial charge in [0.05, 0.1) is 44.5 Å². The van der Waals surface area contributed by atoms with E-state index in [9.17, 15) is 0 Å². The van der Waals surface area contributed by atoms with Crippen molar-refractivity contribution >= 4 is 65.4 Å². The van der Waals surface area contributed by atoms with E-state index in [1.54, 1.807) is 0 Å². The number of para-hydroxylation sites is 4. The maximum Gasteiger partial charge on any atom is 0.235 e. The molecule has 0 radical (unpaired) electrons. The zero-order valence-corrected chi connectivity index (χ0v) is 30.8. The van der Waals surface area contributed by atoms with E-state index >= 15 is 0 Å². The number of benzene rings is 8. The predicted molar refractivity (Wildman–Crippen MR) is 236 cm³/mol. The minimum Gasteiger partial charge on any atom is -0.309 e. The number of hydrogen-bond acceptors (Lipinski definition) is 2. The van der Waals surface area contributed by atoms with Gasteiger partial charge in [-0.1, -0.05) is 133 Å². The van der Waals surface area contributed by atoms with E-state index < -0.39 is 0 Å². The molecule has 266 valence electrons. The van der Waals surface area contributed by atoms with Crippen molar-refractivity contribution < 1.29 is 0 Å². The van der Waals surface area contributed by atoms with Crippen molar-refractivity contribution in [3.05, 3.63) is 200 Å². The van der Waals surface area contributed by atoms with Crippen LogP contribution in [0, 0.1) is 0 Å². The van der Waals surface area contributed by atoms with Crippen LogP contribution in [0.4, 0.5) is 0 Å². The fraction of sp³-hybridized carbons (Fsp3) is 0. The molecule has 0 saturated carbocycles. The van der Waals surface area contributed by atoms with Crippen LogP contribution in [0.5, 0.6) is 0 Å². The van der Waals surface area contributed by atoms with Gasteiger partial charge in [-0.25, -0.2) is 9.97 Å². The molecule has 0 fully saturated rings. The second-order valence-electron chi connectivity index (χ2n) is 14.6. The van der Waals surface area contributed by atoms with Gasteiger partial charge in [0.1, 0.15) is 0 Å². The van der Waals surface area contributed by atoms with Gasteiger partial charge in [-0.3, -0.25) is 4.57 Å². The molecule has 0 aliphatic heterocycles. The van der Waals surface area contributed by atoms with Crippen LogP contribution in [-0.4, -0.2) is 23.7 Å². The molecule has 0 amide bonds. The highest BCUT2D eigenvalue weighted by Crippen LogP contribution is 2.42. The molecule has 12 aromatic rings. The molecule has 4 heterocycles. The molecular formula is C52H33N5. The molecule has 0 spiro atoms. The summed E-state index contributed by atoms with van der Waals surface area (Å²) in [5.74, 6) is 0.644. The van der Waals surface area contributed by atoms with Gasteiger partial charge in [0.2, 0.25) is 5.95 Å². The summed E-state index contributed by atoms with van der Waals surface area (Å²) < 4.78 is 7.03. The summed E-state index contributed by atoms with van der Waals surface area (Å²) in [5.41, 5.74) is 13.0. The Hall–Kier alpha value is -7.76. The van der Waals surface area contributed by atoms with E-state index in [4.69, 9.17) is 9.97 Å². The third-order valence-corrected chi connectivity index (χ3v) is 11.5. The second kappa shape index (κ2) is 12.4. The molecule has 0 saturated heterocycles. The van der Waals surface area contributed by atoms with E-state index in [2.05, 4.69) is 202 Å². The Balaban J connectivity index is 1.09. The minimum atomic E-state index is 0.644. The molecule has 5 nitrogen and oxygen atoms in total. The molecule has 57 heavy (non-hydrogen) atoms. The highest BCUT2D eigenvalue weighted by Gasteiger charge is 2.22. The lowest BCUT2D eigenvalue weighted by Gasteiger charge is -2.12. The third-order valence-electron chi connectivity index (χ3n) is 11.5. The van der Waals surface area contributed by atoms with Crippen molar-refractivity contribution in [2.45, 2.75) is 0 Å². The maximum atomic E-state index is 5.28. The van der Waals surface area contributed by atoms with Crippen LogP contribution in [-0.2, 0) is 0 Å². The average Bonchev–Trinajstić information content (AvgIpc) is 3.93. The van der Waals surface area contributed by atoms with Gasteiger partial charge in [-0.15, -0.1) is 0 Å². The van der Waals surface area contributed by atoms with Crippen molar-refractivity contribution in [1.82, 2.24) is 23.7 Å². The molecule has 0 aliphatic carbocycles. The highest BCUT2D eigenvalue weighted by molar-refractivity contribution is 6.28. The normalized spacial score (nSPS) is 11.9. The number of aromatic nitrogens is 5. The Kier molecular flexibility index (Phi) is 6.86. The molecule has 0 bridgehead atoms. The lowest BCUT2D eigenvalue weighted by Crippen LogP contribution is -2.04. The zero-order chi connectivity index (χ0) is 37.5. The van der Waals surface area contributed by atoms with Crippen molar-refractivity contribution in [2.24, 2.45) is 0 Å². The SMILES string of the molecule is c1ccc(-c2cc(-c3ccccc3)nc(-n3c4ccccc4c4c5c6ccccc6n(-c6ccc(-n7c8ccccc8c8ccccc87)cc6)c5ccc43)n2)cc1. The third kappa shape index (κ3) is 4.76. The van der Waals surface area contributed by atoms with Crippen LogP contribution >= 0.6 is 0 Å². The Morgan fingerprint density at radius 2 is 0.632 bits per heavy atom. The van der Waals surface area contributed by atoms with Crippen LogP contribution in [0.3, 0.4) is 0 Å². The molecule has 4 aromatic heterocycles. The molecule has 8 aromatic carbocycles. The first-order chi connectivity index (χ1) is 28.3. The smallest absolute Gasteiger partial charge is 0.235 e. The Bertz CT molecular complexity index is 3390. The van der Waals surface area contributed by atoms with Crippen LogP contribution in [0.25, 0.3) is 105 Å². The number of fused-ring (bicyclic) bond motifs is 10. The van der Waals surface area contributed by atoms with Crippen molar-refractivity contribution in [2.75, 3.05) is 0 Å². The van der Waals surface area contributed by atoms with Gasteiger partial charge in [-0.05, 0) is 66.7 Å². The summed E-state index contributed by atoms with van der Waals surface area (Å²) in [6.07, 6.45) is 0. The molecule has 0 aliphatic rings. The van der Waals surface area contributed by atoms with Crippen LogP contribution in [0.15, 0.2) is 200 Å². The first kappa shape index (κ1) is 31.6. The second-order valence-corrected chi connectivity index (χ2v) is 14.6. The van der Waals surface area contributed by atoms with Crippen LogP contribution < -0.4 is 0 Å². The summed E-state index contributed by atoms with van der Waals surface area (Å²) in [7, 11) is 0. The van der Waals surface area contributed by atoms with Crippen LogP contribution in [0.2, 0.25) is 0 Å². The minimum absolute atomic E-state index is 0.644. The number of hydrogen-bond donors (Lipinski definition) is 0. The summed E-state index contributed by atoms with van der Waals surface area (Å²) in [6, 6.07) is 71.2. The predicted octanol–water partition coefficient (Wildman–Crippen LogP) is 13.1. The van der Waals surface area contributed by atoms with Gasteiger partial charge in [0.25, 0.3) is 0 Å². The Morgan fingerprint density at radius 1 is 0.281 bits per heavy atom. The largest absolute Gasteiger partial charge is 0.309 e. The van der Waals surface area contributed by atoms with Gasteiger partial charge < -0.3 is 9.13 Å². The van der Waals surface area contributed by atoms with E-state index in [-0.39, 0.29) is 0 Å². The fourth-order valence-electron chi connectivity index (χ4n) is 9.01. The van der Waals surface area contributed by atoms with E-state index in [0.29, 0.717) is 5.95 Å². The zero-order valence-electron chi connectivity index (χ0n) is 30.8. The highest BCUT2D eigenvalue weighted by atomic mass is 15.2. The molecule has 12 rings (SSSR count). The lowest BCUT2D eigenvalue weighted by atomic mass is 10.1. The van der Waals surface area contributed by atoms with Gasteiger partial charge >= 0.3 is 0 Å². The summed E-state index contributed by atoms with van der Waals surface area (Å²) in [5, 5.41) is 7.29. The first-order valence-corrected chi connectivity index (χ1v) is 19.3. The van der Waals surface area contributed by atoms with Crippen molar-refractivity contribution in [3.8, 4) is 39.8 Å². The van der Waals surface area contributed by atoms with Gasteiger partial charge in [0, 0.05) is 54.8 Å². The fourth-order valence-corrected chi connectivity index (χ4v) is 9.01. The molecular weight excluding hydrogens is 695 g/mol. The molecule has 5 heteroatoms. The monoisotopic (exact) mass is 727 g/mol. The summed E-state index contributed by atoms with van der Waals surface area (Å²) in [6.45, 7) is 0. The topological polar surface area (TPSA) is 40.6 Å². The van der Waals surface area contributed by atoms with Crippen molar-refractivity contribution in [1.29, 1.82) is 0 Å². The standard InChI is InChI=1S/C52H33N5/c1-3-15-34(16-4-1)42-33-43(35-17-5-2-6-18-35)54-52(53-42)57-47-26-14-10-22-41(47)51-49(57)32-31-48-50(51)40-21-9-13-25-46(40)56(48)37-29-27-36(28-30-37)55-44-23-11-7-19-38(44)39-20-8-12-24-45(39)55/h1-33H. The summed E-state index contributed by atoms with van der Waals surface area (Å²) in [4.78, 5) is 10.6. The maximum absolute atomic E-state index is 5.28. The quantitative estimate of drug-likeness (QED) is 0.177. The number of nitrogens with zero attached hydrogens (tertiary/aromatic N) is 5. The Morgan fingerprint density at radius 3 is 1.11 bits per heavy atom. The summed E-state index contributed by atoms with van der Waals surface area (Å²) >= 11 is 0. The Labute approximate surface area is 328 Å². The van der Waals surface area contributed by atoms with E-state index in [1.165, 1.54) is 38.0 Å². The van der Waals surface area contributed by atoms with E-state index in [1.807, 2.05) is 12.1 Å². The number of rotatable bonds is 5. The van der Waals surface area contributed by atoms with Crippen LogP contribution in [0.1, 0.15) is 0 Å². The van der Waals surface area contributed by atoms with Crippen molar-refractivity contribution in [3.63, 3.8) is 0 Å². The van der Waals surface area contributed by atoms with Gasteiger partial charge in [-0.2, -0.15) is 0 Å². The molecule has 0 atom stereocenters. The average molecular weight is 728 g/mol.